The number of hydrogen-bond donors (Lipinski definition) is 2. The number of aromatic amines is 1. The molecule has 1 aromatic carbocycles. The Labute approximate surface area is 125 Å². The molecule has 2 aromatic heterocycles. The summed E-state index contributed by atoms with van der Waals surface area (Å²) in [6, 6.07) is 6.06. The summed E-state index contributed by atoms with van der Waals surface area (Å²) >= 11 is 1.46. The molecule has 0 saturated heterocycles. The minimum absolute atomic E-state index is 0.419. The van der Waals surface area contributed by atoms with Gasteiger partial charge in [0.2, 0.25) is 5.16 Å². The zero-order chi connectivity index (χ0) is 14.2. The first kappa shape index (κ1) is 12.6. The summed E-state index contributed by atoms with van der Waals surface area (Å²) in [4.78, 5) is 7.79. The first-order valence-corrected chi connectivity index (χ1v) is 7.82. The number of aromatic nitrogens is 6. The van der Waals surface area contributed by atoms with Gasteiger partial charge in [-0.3, -0.25) is 0 Å². The SMILES string of the molecule is Nc1ccc2nc(Sc3nnnn3C3CCCC3)[nH]c2c1. The van der Waals surface area contributed by atoms with Gasteiger partial charge in [0.05, 0.1) is 17.1 Å². The molecule has 2 heterocycles. The molecule has 0 aliphatic heterocycles. The van der Waals surface area contributed by atoms with E-state index >= 15 is 0 Å². The first-order valence-electron chi connectivity index (χ1n) is 7.00. The zero-order valence-electron chi connectivity index (χ0n) is 11.4. The van der Waals surface area contributed by atoms with Crippen LogP contribution >= 0.6 is 11.8 Å². The minimum atomic E-state index is 0.419. The van der Waals surface area contributed by atoms with E-state index in [1.165, 1.54) is 24.6 Å². The molecular weight excluding hydrogens is 286 g/mol. The van der Waals surface area contributed by atoms with Crippen LogP contribution in [0.3, 0.4) is 0 Å². The maximum Gasteiger partial charge on any atom is 0.217 e. The van der Waals surface area contributed by atoms with Crippen LogP contribution in [0.2, 0.25) is 0 Å². The molecule has 0 unspecified atom stereocenters. The summed E-state index contributed by atoms with van der Waals surface area (Å²) in [5, 5.41) is 13.6. The molecule has 1 aliphatic carbocycles. The van der Waals surface area contributed by atoms with E-state index in [1.54, 1.807) is 0 Å². The number of anilines is 1. The smallest absolute Gasteiger partial charge is 0.217 e. The fourth-order valence-electron chi connectivity index (χ4n) is 2.77. The molecule has 3 N–H and O–H groups in total. The van der Waals surface area contributed by atoms with Crippen molar-refractivity contribution < 1.29 is 0 Å². The Morgan fingerprint density at radius 1 is 1.29 bits per heavy atom. The van der Waals surface area contributed by atoms with E-state index in [1.807, 2.05) is 22.9 Å². The molecule has 0 amide bonds. The lowest BCUT2D eigenvalue weighted by atomic mass is 10.3. The molecule has 108 valence electrons. The summed E-state index contributed by atoms with van der Waals surface area (Å²) in [6.07, 6.45) is 4.79. The summed E-state index contributed by atoms with van der Waals surface area (Å²) in [5.74, 6) is 0. The molecule has 3 aromatic rings. The van der Waals surface area contributed by atoms with Crippen LogP contribution in [-0.2, 0) is 0 Å². The molecule has 1 fully saturated rings. The Hall–Kier alpha value is -2.09. The summed E-state index contributed by atoms with van der Waals surface area (Å²) in [6.45, 7) is 0. The van der Waals surface area contributed by atoms with Crippen LogP contribution in [0.25, 0.3) is 11.0 Å². The van der Waals surface area contributed by atoms with Crippen molar-refractivity contribution in [1.82, 2.24) is 30.2 Å². The fourth-order valence-corrected chi connectivity index (χ4v) is 3.60. The predicted octanol–water partition coefficient (Wildman–Crippen LogP) is 2.40. The highest BCUT2D eigenvalue weighted by atomic mass is 32.2. The maximum atomic E-state index is 5.78. The molecule has 0 bridgehead atoms. The van der Waals surface area contributed by atoms with E-state index in [0.29, 0.717) is 6.04 Å². The molecule has 0 spiro atoms. The van der Waals surface area contributed by atoms with Crippen LogP contribution in [0.1, 0.15) is 31.7 Å². The van der Waals surface area contributed by atoms with Crippen LogP contribution in [0.15, 0.2) is 28.5 Å². The Bertz CT molecular complexity index is 772. The Kier molecular flexibility index (Phi) is 3.03. The largest absolute Gasteiger partial charge is 0.399 e. The van der Waals surface area contributed by atoms with Crippen molar-refractivity contribution in [3.05, 3.63) is 18.2 Å². The lowest BCUT2D eigenvalue weighted by Crippen LogP contribution is -2.08. The second-order valence-electron chi connectivity index (χ2n) is 5.26. The van der Waals surface area contributed by atoms with Gasteiger partial charge in [-0.1, -0.05) is 12.8 Å². The van der Waals surface area contributed by atoms with Gasteiger partial charge < -0.3 is 10.7 Å². The van der Waals surface area contributed by atoms with Crippen LogP contribution < -0.4 is 5.73 Å². The number of imidazole rings is 1. The van der Waals surface area contributed by atoms with Crippen molar-refractivity contribution in [1.29, 1.82) is 0 Å². The molecular formula is C13H15N7S. The van der Waals surface area contributed by atoms with Crippen LogP contribution in [-0.4, -0.2) is 30.2 Å². The minimum Gasteiger partial charge on any atom is -0.399 e. The van der Waals surface area contributed by atoms with E-state index in [0.717, 1.165) is 39.9 Å². The summed E-state index contributed by atoms with van der Waals surface area (Å²) in [7, 11) is 0. The number of nitrogens with one attached hydrogen (secondary N) is 1. The molecule has 0 atom stereocenters. The van der Waals surface area contributed by atoms with Gasteiger partial charge in [0, 0.05) is 5.69 Å². The van der Waals surface area contributed by atoms with Gasteiger partial charge in [-0.05, 0) is 53.2 Å². The van der Waals surface area contributed by atoms with Gasteiger partial charge >= 0.3 is 0 Å². The van der Waals surface area contributed by atoms with Crippen molar-refractivity contribution in [2.24, 2.45) is 0 Å². The lowest BCUT2D eigenvalue weighted by Gasteiger charge is -2.09. The van der Waals surface area contributed by atoms with Crippen LogP contribution in [0.5, 0.6) is 0 Å². The van der Waals surface area contributed by atoms with Crippen LogP contribution in [0.4, 0.5) is 5.69 Å². The van der Waals surface area contributed by atoms with Crippen LogP contribution in [0, 0.1) is 0 Å². The number of H-pyrrole nitrogens is 1. The number of nitrogen functional groups attached to an aromatic ring is 1. The lowest BCUT2D eigenvalue weighted by molar-refractivity contribution is 0.423. The average Bonchev–Trinajstić information content (AvgIpc) is 3.16. The third-order valence-electron chi connectivity index (χ3n) is 3.81. The van der Waals surface area contributed by atoms with E-state index in [9.17, 15) is 0 Å². The number of tetrazole rings is 1. The predicted molar refractivity (Wildman–Crippen MR) is 80.0 cm³/mol. The number of hydrogen-bond acceptors (Lipinski definition) is 6. The molecule has 4 rings (SSSR count). The van der Waals surface area contributed by atoms with Gasteiger partial charge in [0.25, 0.3) is 0 Å². The molecule has 8 heteroatoms. The van der Waals surface area contributed by atoms with Crippen molar-refractivity contribution in [3.8, 4) is 0 Å². The molecule has 0 radical (unpaired) electrons. The number of rotatable bonds is 3. The van der Waals surface area contributed by atoms with Gasteiger partial charge in [-0.25, -0.2) is 9.67 Å². The number of nitrogens with two attached hydrogens (primary N) is 1. The topological polar surface area (TPSA) is 98.3 Å². The zero-order valence-corrected chi connectivity index (χ0v) is 12.2. The Morgan fingerprint density at radius 2 is 2.14 bits per heavy atom. The highest BCUT2D eigenvalue weighted by molar-refractivity contribution is 7.99. The number of fused-ring (bicyclic) bond motifs is 1. The second-order valence-corrected chi connectivity index (χ2v) is 6.22. The third-order valence-corrected chi connectivity index (χ3v) is 4.64. The van der Waals surface area contributed by atoms with Crippen molar-refractivity contribution in [2.45, 2.75) is 42.0 Å². The molecule has 1 saturated carbocycles. The van der Waals surface area contributed by atoms with Crippen molar-refractivity contribution in [2.75, 3.05) is 5.73 Å². The normalized spacial score (nSPS) is 16.0. The summed E-state index contributed by atoms with van der Waals surface area (Å²) < 4.78 is 1.93. The Balaban J connectivity index is 1.64. The molecule has 7 nitrogen and oxygen atoms in total. The van der Waals surface area contributed by atoms with E-state index in [2.05, 4.69) is 25.5 Å². The highest BCUT2D eigenvalue weighted by Gasteiger charge is 2.22. The van der Waals surface area contributed by atoms with Gasteiger partial charge in [-0.2, -0.15) is 0 Å². The maximum absolute atomic E-state index is 5.78. The summed E-state index contributed by atoms with van der Waals surface area (Å²) in [5.41, 5.74) is 8.33. The van der Waals surface area contributed by atoms with Crippen molar-refractivity contribution in [3.63, 3.8) is 0 Å². The highest BCUT2D eigenvalue weighted by Crippen LogP contribution is 2.33. The van der Waals surface area contributed by atoms with Gasteiger partial charge in [-0.15, -0.1) is 5.10 Å². The third kappa shape index (κ3) is 2.35. The van der Waals surface area contributed by atoms with E-state index < -0.39 is 0 Å². The number of nitrogens with zero attached hydrogens (tertiary/aromatic N) is 5. The Morgan fingerprint density at radius 3 is 3.00 bits per heavy atom. The monoisotopic (exact) mass is 301 g/mol. The second kappa shape index (κ2) is 5.03. The molecule has 21 heavy (non-hydrogen) atoms. The quantitative estimate of drug-likeness (QED) is 0.721. The van der Waals surface area contributed by atoms with Gasteiger partial charge in [0.1, 0.15) is 0 Å². The van der Waals surface area contributed by atoms with Crippen molar-refractivity contribution >= 4 is 28.5 Å². The fraction of sp³-hybridized carbons (Fsp3) is 0.385. The molecule has 1 aliphatic rings. The first-order chi connectivity index (χ1) is 10.3. The van der Waals surface area contributed by atoms with E-state index in [4.69, 9.17) is 5.73 Å². The average molecular weight is 301 g/mol. The number of benzene rings is 1. The van der Waals surface area contributed by atoms with Gasteiger partial charge in [0.15, 0.2) is 5.16 Å². The standard InChI is InChI=1S/C13H15N7S/c14-8-5-6-10-11(7-8)16-12(15-10)21-13-17-18-19-20(13)9-3-1-2-4-9/h5-7,9H,1-4,14H2,(H,15,16). The van der Waals surface area contributed by atoms with E-state index in [-0.39, 0.29) is 0 Å².